The minimum Gasteiger partial charge on any atom is -0.481 e. The van der Waals surface area contributed by atoms with Crippen LogP contribution in [0.25, 0.3) is 0 Å². The molecule has 1 aromatic rings. The van der Waals surface area contributed by atoms with Crippen molar-refractivity contribution in [2.45, 2.75) is 24.7 Å². The molecule has 0 saturated heterocycles. The van der Waals surface area contributed by atoms with Crippen molar-refractivity contribution < 1.29 is 23.1 Å². The maximum atomic E-state index is 11.9. The van der Waals surface area contributed by atoms with E-state index in [2.05, 4.69) is 10.0 Å². The molecule has 0 radical (unpaired) electrons. The summed E-state index contributed by atoms with van der Waals surface area (Å²) in [6.45, 7) is 2.05. The predicted molar refractivity (Wildman–Crippen MR) is 76.3 cm³/mol. The molecule has 1 amide bonds. The Balaban J connectivity index is 2.65. The second-order valence-electron chi connectivity index (χ2n) is 4.39. The van der Waals surface area contributed by atoms with E-state index in [4.69, 9.17) is 5.11 Å². The van der Waals surface area contributed by atoms with E-state index in [-0.39, 0.29) is 17.9 Å². The standard InChI is InChI=1S/C13H18N2O5S/c1-2-7-14-12(16)9-15-21(19,20)11-5-3-10(4-6-11)8-13(17)18/h3-6,15H,2,7-9H2,1H3,(H,14,16)(H,17,18). The van der Waals surface area contributed by atoms with Gasteiger partial charge in [-0.1, -0.05) is 19.1 Å². The van der Waals surface area contributed by atoms with E-state index < -0.39 is 21.9 Å². The van der Waals surface area contributed by atoms with Gasteiger partial charge in [-0.05, 0) is 24.1 Å². The van der Waals surface area contributed by atoms with Crippen LogP contribution in [0.4, 0.5) is 0 Å². The molecule has 0 heterocycles. The normalized spacial score (nSPS) is 11.1. The Bertz CT molecular complexity index is 595. The molecule has 0 atom stereocenters. The van der Waals surface area contributed by atoms with Crippen LogP contribution in [-0.2, 0) is 26.0 Å². The van der Waals surface area contributed by atoms with Gasteiger partial charge in [-0.25, -0.2) is 13.1 Å². The number of hydrogen-bond donors (Lipinski definition) is 3. The van der Waals surface area contributed by atoms with Gasteiger partial charge in [0, 0.05) is 6.54 Å². The molecule has 0 aromatic heterocycles. The van der Waals surface area contributed by atoms with Gasteiger partial charge < -0.3 is 10.4 Å². The molecule has 0 unspecified atom stereocenters. The summed E-state index contributed by atoms with van der Waals surface area (Å²) < 4.78 is 26.1. The Morgan fingerprint density at radius 3 is 2.33 bits per heavy atom. The van der Waals surface area contributed by atoms with Gasteiger partial charge in [0.2, 0.25) is 15.9 Å². The summed E-state index contributed by atoms with van der Waals surface area (Å²) in [4.78, 5) is 21.9. The van der Waals surface area contributed by atoms with Crippen molar-refractivity contribution in [3.05, 3.63) is 29.8 Å². The molecule has 0 saturated carbocycles. The smallest absolute Gasteiger partial charge is 0.307 e. The molecule has 0 bridgehead atoms. The lowest BCUT2D eigenvalue weighted by Gasteiger charge is -2.07. The average Bonchev–Trinajstić information content (AvgIpc) is 2.43. The predicted octanol–water partition coefficient (Wildman–Crippen LogP) is 0.118. The van der Waals surface area contributed by atoms with E-state index in [0.717, 1.165) is 6.42 Å². The Morgan fingerprint density at radius 2 is 1.81 bits per heavy atom. The lowest BCUT2D eigenvalue weighted by Crippen LogP contribution is -2.37. The fourth-order valence-electron chi connectivity index (χ4n) is 1.53. The number of hydrogen-bond acceptors (Lipinski definition) is 4. The van der Waals surface area contributed by atoms with E-state index in [0.29, 0.717) is 12.1 Å². The highest BCUT2D eigenvalue weighted by atomic mass is 32.2. The van der Waals surface area contributed by atoms with Gasteiger partial charge in [0.05, 0.1) is 17.9 Å². The Morgan fingerprint density at radius 1 is 1.19 bits per heavy atom. The third kappa shape index (κ3) is 5.92. The minimum absolute atomic E-state index is 0.0140. The molecule has 0 aliphatic rings. The first kappa shape index (κ1) is 17.1. The number of carbonyl (C=O) groups is 2. The maximum absolute atomic E-state index is 11.9. The fourth-order valence-corrected chi connectivity index (χ4v) is 2.51. The van der Waals surface area contributed by atoms with Crippen LogP contribution < -0.4 is 10.0 Å². The van der Waals surface area contributed by atoms with Crippen molar-refractivity contribution in [2.75, 3.05) is 13.1 Å². The van der Waals surface area contributed by atoms with E-state index in [1.807, 2.05) is 6.92 Å². The van der Waals surface area contributed by atoms with Gasteiger partial charge in [0.25, 0.3) is 0 Å². The summed E-state index contributed by atoms with van der Waals surface area (Å²) in [5.74, 6) is -1.39. The van der Waals surface area contributed by atoms with Crippen LogP contribution in [0.3, 0.4) is 0 Å². The second kappa shape index (κ2) is 7.75. The lowest BCUT2D eigenvalue weighted by molar-refractivity contribution is -0.136. The zero-order valence-electron chi connectivity index (χ0n) is 11.6. The summed E-state index contributed by atoms with van der Waals surface area (Å²) in [6.07, 6.45) is 0.594. The van der Waals surface area contributed by atoms with Crippen LogP contribution in [0.15, 0.2) is 29.2 Å². The number of rotatable bonds is 8. The first-order chi connectivity index (χ1) is 9.85. The first-order valence-electron chi connectivity index (χ1n) is 6.42. The summed E-state index contributed by atoms with van der Waals surface area (Å²) in [6, 6.07) is 5.48. The highest BCUT2D eigenvalue weighted by molar-refractivity contribution is 7.89. The lowest BCUT2D eigenvalue weighted by atomic mass is 10.2. The van der Waals surface area contributed by atoms with Gasteiger partial charge >= 0.3 is 5.97 Å². The van der Waals surface area contributed by atoms with Crippen LogP contribution >= 0.6 is 0 Å². The van der Waals surface area contributed by atoms with Gasteiger partial charge in [0.15, 0.2) is 0 Å². The second-order valence-corrected chi connectivity index (χ2v) is 6.16. The highest BCUT2D eigenvalue weighted by Crippen LogP contribution is 2.10. The van der Waals surface area contributed by atoms with Crippen LogP contribution in [0.5, 0.6) is 0 Å². The number of carboxylic acid groups (broad SMARTS) is 1. The number of carboxylic acids is 1. The van der Waals surface area contributed by atoms with Crippen molar-refractivity contribution >= 4 is 21.9 Å². The van der Waals surface area contributed by atoms with Gasteiger partial charge in [-0.3, -0.25) is 9.59 Å². The van der Waals surface area contributed by atoms with Crippen molar-refractivity contribution in [3.63, 3.8) is 0 Å². The van der Waals surface area contributed by atoms with Gasteiger partial charge in [-0.2, -0.15) is 0 Å². The fraction of sp³-hybridized carbons (Fsp3) is 0.385. The zero-order chi connectivity index (χ0) is 15.9. The van der Waals surface area contributed by atoms with Gasteiger partial charge in [-0.15, -0.1) is 0 Å². The number of carbonyl (C=O) groups excluding carboxylic acids is 1. The van der Waals surface area contributed by atoms with E-state index in [9.17, 15) is 18.0 Å². The van der Waals surface area contributed by atoms with Crippen molar-refractivity contribution in [3.8, 4) is 0 Å². The number of amides is 1. The van der Waals surface area contributed by atoms with Crippen LogP contribution in [0, 0.1) is 0 Å². The Hall–Kier alpha value is -1.93. The molecule has 7 nitrogen and oxygen atoms in total. The summed E-state index contributed by atoms with van der Waals surface area (Å²) >= 11 is 0. The van der Waals surface area contributed by atoms with E-state index >= 15 is 0 Å². The Labute approximate surface area is 123 Å². The molecule has 1 aromatic carbocycles. The van der Waals surface area contributed by atoms with Crippen molar-refractivity contribution in [1.29, 1.82) is 0 Å². The average molecular weight is 314 g/mol. The van der Waals surface area contributed by atoms with Crippen LogP contribution in [0.1, 0.15) is 18.9 Å². The number of aliphatic carboxylic acids is 1. The molecule has 0 aliphatic heterocycles. The molecule has 21 heavy (non-hydrogen) atoms. The largest absolute Gasteiger partial charge is 0.481 e. The monoisotopic (exact) mass is 314 g/mol. The molecule has 0 fully saturated rings. The first-order valence-corrected chi connectivity index (χ1v) is 7.90. The third-order valence-corrected chi connectivity index (χ3v) is 4.00. The topological polar surface area (TPSA) is 113 Å². The maximum Gasteiger partial charge on any atom is 0.307 e. The molecule has 116 valence electrons. The van der Waals surface area contributed by atoms with E-state index in [1.165, 1.54) is 24.3 Å². The third-order valence-electron chi connectivity index (χ3n) is 2.58. The van der Waals surface area contributed by atoms with Crippen LogP contribution in [0.2, 0.25) is 0 Å². The molecule has 8 heteroatoms. The molecular formula is C13H18N2O5S. The molecule has 0 spiro atoms. The zero-order valence-corrected chi connectivity index (χ0v) is 12.4. The minimum atomic E-state index is -3.78. The van der Waals surface area contributed by atoms with E-state index in [1.54, 1.807) is 0 Å². The van der Waals surface area contributed by atoms with Crippen molar-refractivity contribution in [1.82, 2.24) is 10.0 Å². The van der Waals surface area contributed by atoms with Crippen LogP contribution in [-0.4, -0.2) is 38.5 Å². The highest BCUT2D eigenvalue weighted by Gasteiger charge is 2.15. The molecule has 3 N–H and O–H groups in total. The molecule has 0 aliphatic carbocycles. The number of benzene rings is 1. The molecular weight excluding hydrogens is 296 g/mol. The van der Waals surface area contributed by atoms with Crippen molar-refractivity contribution in [2.24, 2.45) is 0 Å². The Kier molecular flexibility index (Phi) is 6.32. The van der Waals surface area contributed by atoms with Gasteiger partial charge in [0.1, 0.15) is 0 Å². The molecule has 1 rings (SSSR count). The summed E-state index contributed by atoms with van der Waals surface area (Å²) in [7, 11) is -3.78. The SMILES string of the molecule is CCCNC(=O)CNS(=O)(=O)c1ccc(CC(=O)O)cc1. The summed E-state index contributed by atoms with van der Waals surface area (Å²) in [5.41, 5.74) is 0.502. The number of sulfonamides is 1. The number of nitrogens with one attached hydrogen (secondary N) is 2. The quantitative estimate of drug-likeness (QED) is 0.631. The summed E-state index contributed by atoms with van der Waals surface area (Å²) in [5, 5.41) is 11.2.